The third-order valence-electron chi connectivity index (χ3n) is 6.12. The van der Waals surface area contributed by atoms with Gasteiger partial charge < -0.3 is 15.0 Å². The van der Waals surface area contributed by atoms with Crippen LogP contribution in [0, 0.1) is 0 Å². The van der Waals surface area contributed by atoms with E-state index in [9.17, 15) is 14.7 Å². The second-order valence-corrected chi connectivity index (χ2v) is 8.94. The zero-order valence-corrected chi connectivity index (χ0v) is 16.6. The standard InChI is InChI=1S/C21H26N4O3/c1-20(2,3)19-23-15-13(17(26)24-19)6-7-21(15)8-11-25(12-9-21)16-14(18(27)28)5-4-10-22-16/h4-5,10H,6-9,11-12H2,1-3H3,(H,27,28)(H,23,24,26). The quantitative estimate of drug-likeness (QED) is 0.828. The molecule has 7 heteroatoms. The molecular formula is C21H26N4O3. The van der Waals surface area contributed by atoms with Crippen LogP contribution in [0.15, 0.2) is 23.1 Å². The van der Waals surface area contributed by atoms with Crippen LogP contribution in [0.3, 0.4) is 0 Å². The molecule has 7 nitrogen and oxygen atoms in total. The number of nitrogens with zero attached hydrogens (tertiary/aromatic N) is 3. The highest BCUT2D eigenvalue weighted by Crippen LogP contribution is 2.45. The van der Waals surface area contributed by atoms with Crippen LogP contribution >= 0.6 is 0 Å². The van der Waals surface area contributed by atoms with E-state index in [1.165, 1.54) is 0 Å². The minimum atomic E-state index is -0.961. The highest BCUT2D eigenvalue weighted by atomic mass is 16.4. The number of fused-ring (bicyclic) bond motifs is 2. The highest BCUT2D eigenvalue weighted by Gasteiger charge is 2.44. The second-order valence-electron chi connectivity index (χ2n) is 8.94. The Morgan fingerprint density at radius 3 is 2.61 bits per heavy atom. The minimum absolute atomic E-state index is 0.00730. The molecule has 0 aromatic carbocycles. The molecule has 2 N–H and O–H groups in total. The predicted molar refractivity (Wildman–Crippen MR) is 106 cm³/mol. The minimum Gasteiger partial charge on any atom is -0.478 e. The van der Waals surface area contributed by atoms with Gasteiger partial charge in [-0.25, -0.2) is 14.8 Å². The summed E-state index contributed by atoms with van der Waals surface area (Å²) in [6.07, 6.45) is 5.00. The van der Waals surface area contributed by atoms with Crippen molar-refractivity contribution in [1.29, 1.82) is 0 Å². The van der Waals surface area contributed by atoms with Crippen molar-refractivity contribution in [2.45, 2.75) is 57.3 Å². The number of nitrogens with one attached hydrogen (secondary N) is 1. The molecule has 1 aliphatic heterocycles. The number of piperidine rings is 1. The van der Waals surface area contributed by atoms with Gasteiger partial charge in [0.2, 0.25) is 0 Å². The van der Waals surface area contributed by atoms with Crippen LogP contribution in [0.5, 0.6) is 0 Å². The number of pyridine rings is 1. The first-order valence-electron chi connectivity index (χ1n) is 9.79. The van der Waals surface area contributed by atoms with Crippen molar-refractivity contribution in [2.24, 2.45) is 0 Å². The van der Waals surface area contributed by atoms with Crippen LogP contribution in [-0.2, 0) is 17.3 Å². The number of rotatable bonds is 2. The fourth-order valence-corrected chi connectivity index (χ4v) is 4.46. The topological polar surface area (TPSA) is 99.2 Å². The summed E-state index contributed by atoms with van der Waals surface area (Å²) in [5, 5.41) is 9.45. The van der Waals surface area contributed by atoms with Gasteiger partial charge in [0, 0.05) is 35.7 Å². The summed E-state index contributed by atoms with van der Waals surface area (Å²) >= 11 is 0. The number of aromatic nitrogens is 3. The van der Waals surface area contributed by atoms with Crippen molar-refractivity contribution >= 4 is 11.8 Å². The van der Waals surface area contributed by atoms with E-state index in [4.69, 9.17) is 4.98 Å². The van der Waals surface area contributed by atoms with Crippen molar-refractivity contribution < 1.29 is 9.90 Å². The number of aromatic carboxylic acids is 1. The van der Waals surface area contributed by atoms with Crippen molar-refractivity contribution in [3.8, 4) is 0 Å². The molecule has 0 bridgehead atoms. The molecule has 0 radical (unpaired) electrons. The number of carboxylic acids is 1. The summed E-state index contributed by atoms with van der Waals surface area (Å²) in [6.45, 7) is 7.56. The van der Waals surface area contributed by atoms with Crippen LogP contribution in [0.25, 0.3) is 0 Å². The number of anilines is 1. The number of hydrogen-bond donors (Lipinski definition) is 2. The van der Waals surface area contributed by atoms with Crippen LogP contribution in [0.1, 0.15) is 67.5 Å². The molecule has 0 amide bonds. The summed E-state index contributed by atoms with van der Waals surface area (Å²) in [7, 11) is 0. The largest absolute Gasteiger partial charge is 0.478 e. The van der Waals surface area contributed by atoms with Crippen LogP contribution < -0.4 is 10.5 Å². The van der Waals surface area contributed by atoms with Gasteiger partial charge in [-0.1, -0.05) is 20.8 Å². The molecule has 2 aromatic rings. The summed E-state index contributed by atoms with van der Waals surface area (Å²) in [5.41, 5.74) is 1.69. The van der Waals surface area contributed by atoms with Gasteiger partial charge in [0.15, 0.2) is 0 Å². The number of carboxylic acid groups (broad SMARTS) is 1. The average Bonchev–Trinajstić information content (AvgIpc) is 3.00. The lowest BCUT2D eigenvalue weighted by atomic mass is 9.76. The molecule has 0 unspecified atom stereocenters. The Labute approximate surface area is 163 Å². The maximum absolute atomic E-state index is 12.6. The van der Waals surface area contributed by atoms with Crippen LogP contribution in [0.2, 0.25) is 0 Å². The molecule has 28 heavy (non-hydrogen) atoms. The average molecular weight is 382 g/mol. The SMILES string of the molecule is CC(C)(C)c1nc2c(c(=O)[nH]1)CCC21CCN(c2ncccc2C(=O)O)CC1. The van der Waals surface area contributed by atoms with E-state index in [1.54, 1.807) is 18.3 Å². The first kappa shape index (κ1) is 18.7. The predicted octanol–water partition coefficient (Wildman–Crippen LogP) is 2.65. The molecule has 1 aliphatic carbocycles. The lowest BCUT2D eigenvalue weighted by Crippen LogP contribution is -2.43. The number of hydrogen-bond acceptors (Lipinski definition) is 5. The van der Waals surface area contributed by atoms with E-state index < -0.39 is 5.97 Å². The fourth-order valence-electron chi connectivity index (χ4n) is 4.46. The monoisotopic (exact) mass is 382 g/mol. The maximum atomic E-state index is 12.6. The van der Waals surface area contributed by atoms with Crippen LogP contribution in [0.4, 0.5) is 5.82 Å². The summed E-state index contributed by atoms with van der Waals surface area (Å²) < 4.78 is 0. The van der Waals surface area contributed by atoms with Gasteiger partial charge in [0.25, 0.3) is 5.56 Å². The molecule has 2 aromatic heterocycles. The van der Waals surface area contributed by atoms with E-state index in [1.807, 2.05) is 4.90 Å². The van der Waals surface area contributed by atoms with Crippen molar-refractivity contribution in [1.82, 2.24) is 15.0 Å². The molecule has 1 spiro atoms. The van der Waals surface area contributed by atoms with Gasteiger partial charge in [0.1, 0.15) is 17.2 Å². The normalized spacial score (nSPS) is 18.3. The first-order chi connectivity index (χ1) is 13.2. The summed E-state index contributed by atoms with van der Waals surface area (Å²) in [5.74, 6) is 0.299. The number of aromatic amines is 1. The van der Waals surface area contributed by atoms with Gasteiger partial charge in [-0.05, 0) is 37.8 Å². The highest BCUT2D eigenvalue weighted by molar-refractivity contribution is 5.93. The van der Waals surface area contributed by atoms with E-state index in [0.717, 1.165) is 42.8 Å². The van der Waals surface area contributed by atoms with Gasteiger partial charge in [-0.3, -0.25) is 4.79 Å². The van der Waals surface area contributed by atoms with Gasteiger partial charge in [-0.15, -0.1) is 0 Å². The molecule has 1 fully saturated rings. The number of H-pyrrole nitrogens is 1. The summed E-state index contributed by atoms with van der Waals surface area (Å²) in [4.78, 5) is 38.4. The Morgan fingerprint density at radius 2 is 1.96 bits per heavy atom. The molecule has 0 saturated carbocycles. The third kappa shape index (κ3) is 2.99. The molecule has 3 heterocycles. The zero-order chi connectivity index (χ0) is 20.1. The smallest absolute Gasteiger partial charge is 0.339 e. The van der Waals surface area contributed by atoms with Gasteiger partial charge in [-0.2, -0.15) is 0 Å². The Hall–Kier alpha value is -2.70. The zero-order valence-electron chi connectivity index (χ0n) is 16.6. The first-order valence-corrected chi connectivity index (χ1v) is 9.79. The van der Waals surface area contributed by atoms with E-state index in [-0.39, 0.29) is 22.0 Å². The third-order valence-corrected chi connectivity index (χ3v) is 6.12. The van der Waals surface area contributed by atoms with E-state index in [2.05, 4.69) is 30.7 Å². The fraction of sp³-hybridized carbons (Fsp3) is 0.524. The molecule has 148 valence electrons. The molecule has 2 aliphatic rings. The maximum Gasteiger partial charge on any atom is 0.339 e. The lowest BCUT2D eigenvalue weighted by molar-refractivity contribution is 0.0697. The Balaban J connectivity index is 1.65. The van der Waals surface area contributed by atoms with E-state index >= 15 is 0 Å². The Morgan fingerprint density at radius 1 is 1.25 bits per heavy atom. The lowest BCUT2D eigenvalue weighted by Gasteiger charge is -2.40. The second kappa shape index (κ2) is 6.43. The van der Waals surface area contributed by atoms with Crippen molar-refractivity contribution in [2.75, 3.05) is 18.0 Å². The molecule has 1 saturated heterocycles. The number of carbonyl (C=O) groups is 1. The van der Waals surface area contributed by atoms with Gasteiger partial charge >= 0.3 is 5.97 Å². The van der Waals surface area contributed by atoms with Crippen molar-refractivity contribution in [3.63, 3.8) is 0 Å². The Kier molecular flexibility index (Phi) is 4.28. The van der Waals surface area contributed by atoms with Crippen molar-refractivity contribution in [3.05, 3.63) is 51.3 Å². The van der Waals surface area contributed by atoms with Crippen LogP contribution in [-0.4, -0.2) is 39.1 Å². The molecular weight excluding hydrogens is 356 g/mol. The molecule has 0 atom stereocenters. The Bertz CT molecular complexity index is 982. The van der Waals surface area contributed by atoms with Gasteiger partial charge in [0.05, 0.1) is 5.69 Å². The summed E-state index contributed by atoms with van der Waals surface area (Å²) in [6, 6.07) is 3.24. The van der Waals surface area contributed by atoms with E-state index in [0.29, 0.717) is 18.9 Å². The molecule has 4 rings (SSSR count).